The molecule has 1 amide bonds. The van der Waals surface area contributed by atoms with Crippen LogP contribution < -0.4 is 14.8 Å². The van der Waals surface area contributed by atoms with Crippen LogP contribution in [-0.4, -0.2) is 61.7 Å². The number of amides is 1. The molecule has 0 bridgehead atoms. The van der Waals surface area contributed by atoms with Crippen LogP contribution in [0.5, 0.6) is 11.5 Å². The standard InChI is InChI=1S/C22H26N4O5S2/c1-5-31-19-10-9-16(13-20(19)33(28,29)25(2)3)24-21(27)15-32-22-23-11-12-26(22)17-7-6-8-18(14-17)30-4/h6-14H,5,15H2,1-4H3,(H,24,27). The van der Waals surface area contributed by atoms with E-state index in [1.807, 2.05) is 28.8 Å². The van der Waals surface area contributed by atoms with Crippen LogP contribution >= 0.6 is 11.8 Å². The summed E-state index contributed by atoms with van der Waals surface area (Å²) in [6.45, 7) is 2.09. The lowest BCUT2D eigenvalue weighted by Gasteiger charge is -2.16. The molecule has 0 unspecified atom stereocenters. The molecular formula is C22H26N4O5S2. The minimum atomic E-state index is -3.75. The molecule has 0 saturated heterocycles. The highest BCUT2D eigenvalue weighted by molar-refractivity contribution is 7.99. The lowest BCUT2D eigenvalue weighted by atomic mass is 10.3. The van der Waals surface area contributed by atoms with Crippen LogP contribution in [0.4, 0.5) is 5.69 Å². The molecule has 11 heteroatoms. The molecule has 0 atom stereocenters. The van der Waals surface area contributed by atoms with Crippen molar-refractivity contribution in [3.8, 4) is 17.2 Å². The zero-order chi connectivity index (χ0) is 24.0. The highest BCUT2D eigenvalue weighted by Crippen LogP contribution is 2.29. The normalized spacial score (nSPS) is 11.4. The van der Waals surface area contributed by atoms with Gasteiger partial charge in [-0.05, 0) is 37.3 Å². The molecule has 3 rings (SSSR count). The Labute approximate surface area is 197 Å². The maximum Gasteiger partial charge on any atom is 0.246 e. The molecule has 1 heterocycles. The molecule has 0 spiro atoms. The number of hydrogen-bond donors (Lipinski definition) is 1. The van der Waals surface area contributed by atoms with Crippen molar-refractivity contribution in [1.29, 1.82) is 0 Å². The Kier molecular flexibility index (Phi) is 8.01. The highest BCUT2D eigenvalue weighted by atomic mass is 32.2. The zero-order valence-corrected chi connectivity index (χ0v) is 20.4. The quantitative estimate of drug-likeness (QED) is 0.435. The first-order valence-corrected chi connectivity index (χ1v) is 12.5. The third-order valence-electron chi connectivity index (χ3n) is 4.56. The van der Waals surface area contributed by atoms with E-state index in [1.54, 1.807) is 32.5 Å². The van der Waals surface area contributed by atoms with Gasteiger partial charge in [0, 0.05) is 38.2 Å². The third kappa shape index (κ3) is 5.86. The first-order chi connectivity index (χ1) is 15.8. The minimum absolute atomic E-state index is 0.00614. The average molecular weight is 491 g/mol. The lowest BCUT2D eigenvalue weighted by molar-refractivity contribution is -0.113. The van der Waals surface area contributed by atoms with Crippen molar-refractivity contribution in [2.45, 2.75) is 17.0 Å². The van der Waals surface area contributed by atoms with Gasteiger partial charge in [-0.15, -0.1) is 0 Å². The fourth-order valence-electron chi connectivity index (χ4n) is 2.94. The predicted octanol–water partition coefficient (Wildman–Crippen LogP) is 3.26. The van der Waals surface area contributed by atoms with Crippen molar-refractivity contribution in [3.63, 3.8) is 0 Å². The monoisotopic (exact) mass is 490 g/mol. The van der Waals surface area contributed by atoms with Gasteiger partial charge in [-0.25, -0.2) is 17.7 Å². The minimum Gasteiger partial charge on any atom is -0.497 e. The predicted molar refractivity (Wildman–Crippen MR) is 128 cm³/mol. The Hall–Kier alpha value is -3.02. The number of nitrogens with one attached hydrogen (secondary N) is 1. The van der Waals surface area contributed by atoms with E-state index in [2.05, 4.69) is 10.3 Å². The SMILES string of the molecule is CCOc1ccc(NC(=O)CSc2nccn2-c2cccc(OC)c2)cc1S(=O)(=O)N(C)C. The molecule has 3 aromatic rings. The summed E-state index contributed by atoms with van der Waals surface area (Å²) < 4.78 is 39.0. The summed E-state index contributed by atoms with van der Waals surface area (Å²) in [6, 6.07) is 12.1. The number of thioether (sulfide) groups is 1. The number of ether oxygens (including phenoxy) is 2. The van der Waals surface area contributed by atoms with E-state index in [1.165, 1.54) is 38.0 Å². The van der Waals surface area contributed by atoms with Crippen molar-refractivity contribution in [3.05, 3.63) is 54.9 Å². The second-order valence-electron chi connectivity index (χ2n) is 7.00. The van der Waals surface area contributed by atoms with E-state index < -0.39 is 10.0 Å². The first-order valence-electron chi connectivity index (χ1n) is 10.1. The number of carbonyl (C=O) groups excluding carboxylic acids is 1. The van der Waals surface area contributed by atoms with Crippen LogP contribution in [0.25, 0.3) is 5.69 Å². The molecular weight excluding hydrogens is 464 g/mol. The number of carbonyl (C=O) groups is 1. The van der Waals surface area contributed by atoms with Gasteiger partial charge in [0.2, 0.25) is 15.9 Å². The van der Waals surface area contributed by atoms with Crippen molar-refractivity contribution in [2.24, 2.45) is 0 Å². The van der Waals surface area contributed by atoms with E-state index in [4.69, 9.17) is 9.47 Å². The van der Waals surface area contributed by atoms with Crippen LogP contribution in [0.2, 0.25) is 0 Å². The summed E-state index contributed by atoms with van der Waals surface area (Å²) in [7, 11) is 0.734. The molecule has 0 aliphatic heterocycles. The number of hydrogen-bond acceptors (Lipinski definition) is 7. The van der Waals surface area contributed by atoms with Gasteiger partial charge < -0.3 is 14.8 Å². The number of imidazole rings is 1. The number of sulfonamides is 1. The summed E-state index contributed by atoms with van der Waals surface area (Å²) in [5.74, 6) is 0.745. The van der Waals surface area contributed by atoms with Crippen molar-refractivity contribution in [1.82, 2.24) is 13.9 Å². The Bertz CT molecular complexity index is 1230. The summed E-state index contributed by atoms with van der Waals surface area (Å²) >= 11 is 1.26. The second kappa shape index (κ2) is 10.7. The van der Waals surface area contributed by atoms with Crippen LogP contribution in [0.1, 0.15) is 6.92 Å². The molecule has 0 aliphatic carbocycles. The molecule has 1 aromatic heterocycles. The van der Waals surface area contributed by atoms with Crippen molar-refractivity contribution < 1.29 is 22.7 Å². The maximum absolute atomic E-state index is 12.7. The van der Waals surface area contributed by atoms with Gasteiger partial charge in [0.1, 0.15) is 16.4 Å². The van der Waals surface area contributed by atoms with Crippen molar-refractivity contribution >= 4 is 33.4 Å². The van der Waals surface area contributed by atoms with Gasteiger partial charge in [0.05, 0.1) is 25.2 Å². The van der Waals surface area contributed by atoms with Gasteiger partial charge in [0.15, 0.2) is 5.16 Å². The molecule has 0 saturated carbocycles. The fraction of sp³-hybridized carbons (Fsp3) is 0.273. The van der Waals surface area contributed by atoms with Gasteiger partial charge in [-0.2, -0.15) is 0 Å². The van der Waals surface area contributed by atoms with E-state index in [0.29, 0.717) is 23.2 Å². The summed E-state index contributed by atoms with van der Waals surface area (Å²) in [6.07, 6.45) is 3.46. The Morgan fingerprint density at radius 2 is 2.00 bits per heavy atom. The van der Waals surface area contributed by atoms with E-state index >= 15 is 0 Å². The first kappa shape index (κ1) is 24.6. The molecule has 9 nitrogen and oxygen atoms in total. The largest absolute Gasteiger partial charge is 0.497 e. The van der Waals surface area contributed by atoms with Crippen LogP contribution in [0.15, 0.2) is 64.9 Å². The Balaban J connectivity index is 1.73. The smallest absolute Gasteiger partial charge is 0.246 e. The Morgan fingerprint density at radius 1 is 1.21 bits per heavy atom. The maximum atomic E-state index is 12.7. The number of nitrogens with zero attached hydrogens (tertiary/aromatic N) is 3. The molecule has 0 radical (unpaired) electrons. The summed E-state index contributed by atoms with van der Waals surface area (Å²) in [4.78, 5) is 16.9. The molecule has 176 valence electrons. The number of rotatable bonds is 10. The van der Waals surface area contributed by atoms with Crippen LogP contribution in [0.3, 0.4) is 0 Å². The van der Waals surface area contributed by atoms with E-state index in [0.717, 1.165) is 9.99 Å². The van der Waals surface area contributed by atoms with Gasteiger partial charge in [-0.1, -0.05) is 17.8 Å². The molecule has 1 N–H and O–H groups in total. The zero-order valence-electron chi connectivity index (χ0n) is 18.8. The van der Waals surface area contributed by atoms with Crippen molar-refractivity contribution in [2.75, 3.05) is 38.9 Å². The summed E-state index contributed by atoms with van der Waals surface area (Å²) in [5.41, 5.74) is 1.22. The Morgan fingerprint density at radius 3 is 2.70 bits per heavy atom. The molecule has 0 aliphatic rings. The molecule has 2 aromatic carbocycles. The molecule has 33 heavy (non-hydrogen) atoms. The van der Waals surface area contributed by atoms with Crippen LogP contribution in [0, 0.1) is 0 Å². The highest BCUT2D eigenvalue weighted by Gasteiger charge is 2.23. The van der Waals surface area contributed by atoms with Gasteiger partial charge in [-0.3, -0.25) is 9.36 Å². The van der Waals surface area contributed by atoms with E-state index in [-0.39, 0.29) is 22.3 Å². The molecule has 0 fully saturated rings. The fourth-order valence-corrected chi connectivity index (χ4v) is 4.76. The third-order valence-corrected chi connectivity index (χ3v) is 7.36. The number of aromatic nitrogens is 2. The number of anilines is 1. The average Bonchev–Trinajstić information content (AvgIpc) is 3.27. The second-order valence-corrected chi connectivity index (χ2v) is 10.1. The number of benzene rings is 2. The topological polar surface area (TPSA) is 103 Å². The van der Waals surface area contributed by atoms with Gasteiger partial charge in [0.25, 0.3) is 0 Å². The lowest BCUT2D eigenvalue weighted by Crippen LogP contribution is -2.23. The number of methoxy groups -OCH3 is 1. The van der Waals surface area contributed by atoms with E-state index in [9.17, 15) is 13.2 Å². The van der Waals surface area contributed by atoms with Gasteiger partial charge >= 0.3 is 0 Å². The summed E-state index contributed by atoms with van der Waals surface area (Å²) in [5, 5.41) is 3.39. The van der Waals surface area contributed by atoms with Crippen LogP contribution in [-0.2, 0) is 14.8 Å².